The van der Waals surface area contributed by atoms with Gasteiger partial charge in [0.2, 0.25) is 0 Å². The molecule has 0 N–H and O–H groups in total. The highest BCUT2D eigenvalue weighted by atomic mass is 15.1. The summed E-state index contributed by atoms with van der Waals surface area (Å²) < 4.78 is 0. The third kappa shape index (κ3) is 2.49. The van der Waals surface area contributed by atoms with E-state index in [0.717, 1.165) is 5.92 Å². The summed E-state index contributed by atoms with van der Waals surface area (Å²) in [5, 5.41) is 0. The van der Waals surface area contributed by atoms with Gasteiger partial charge in [-0.1, -0.05) is 44.1 Å². The Balaban J connectivity index is 2.25. The summed E-state index contributed by atoms with van der Waals surface area (Å²) >= 11 is 0. The molecule has 0 aromatic rings. The number of likely N-dealkylation sites (tertiary alicyclic amines) is 1. The maximum absolute atomic E-state index is 2.50. The Kier molecular flexibility index (Phi) is 4.09. The molecule has 96 valence electrons. The standard InChI is InChI=1S/C16H27N/c1-4-10-16(15-8-6-5-7-9-15)11-12-17(3)13-14(16)2/h5-6,8,14H,4,7,9-13H2,1-3H3. The molecule has 1 saturated heterocycles. The van der Waals surface area contributed by atoms with Gasteiger partial charge in [0.1, 0.15) is 0 Å². The number of hydrogen-bond donors (Lipinski definition) is 0. The lowest BCUT2D eigenvalue weighted by Crippen LogP contribution is -2.45. The van der Waals surface area contributed by atoms with Crippen LogP contribution < -0.4 is 0 Å². The molecule has 0 saturated carbocycles. The Labute approximate surface area is 107 Å². The van der Waals surface area contributed by atoms with Crippen molar-refractivity contribution in [3.8, 4) is 0 Å². The molecular weight excluding hydrogens is 206 g/mol. The smallest absolute Gasteiger partial charge is 0.00124 e. The van der Waals surface area contributed by atoms with Crippen LogP contribution in [0.25, 0.3) is 0 Å². The minimum atomic E-state index is 0.506. The zero-order chi connectivity index (χ0) is 12.3. The molecule has 0 spiro atoms. The molecule has 2 unspecified atom stereocenters. The highest BCUT2D eigenvalue weighted by molar-refractivity contribution is 5.26. The van der Waals surface area contributed by atoms with E-state index in [1.807, 2.05) is 0 Å². The second-order valence-corrected chi connectivity index (χ2v) is 5.98. The van der Waals surface area contributed by atoms with Crippen LogP contribution in [-0.2, 0) is 0 Å². The van der Waals surface area contributed by atoms with Crippen LogP contribution in [0.2, 0.25) is 0 Å². The first kappa shape index (κ1) is 12.9. The average molecular weight is 233 g/mol. The summed E-state index contributed by atoms with van der Waals surface area (Å²) in [6.45, 7) is 7.34. The van der Waals surface area contributed by atoms with E-state index in [2.05, 4.69) is 44.0 Å². The van der Waals surface area contributed by atoms with Gasteiger partial charge in [-0.05, 0) is 50.6 Å². The number of rotatable bonds is 3. The first-order chi connectivity index (χ1) is 8.19. The van der Waals surface area contributed by atoms with E-state index in [1.54, 1.807) is 5.57 Å². The Bertz CT molecular complexity index is 315. The van der Waals surface area contributed by atoms with Crippen molar-refractivity contribution in [3.63, 3.8) is 0 Å². The molecule has 1 heterocycles. The van der Waals surface area contributed by atoms with Gasteiger partial charge >= 0.3 is 0 Å². The van der Waals surface area contributed by atoms with Crippen molar-refractivity contribution in [3.05, 3.63) is 23.8 Å². The van der Waals surface area contributed by atoms with E-state index < -0.39 is 0 Å². The Hall–Kier alpha value is -0.560. The molecular formula is C16H27N. The predicted octanol–water partition coefficient (Wildman–Crippen LogP) is 4.02. The molecule has 1 aliphatic heterocycles. The first-order valence-electron chi connectivity index (χ1n) is 7.24. The highest BCUT2D eigenvalue weighted by Gasteiger charge is 2.41. The van der Waals surface area contributed by atoms with E-state index in [9.17, 15) is 0 Å². The van der Waals surface area contributed by atoms with Crippen molar-refractivity contribution in [2.45, 2.75) is 46.0 Å². The van der Waals surface area contributed by atoms with Crippen molar-refractivity contribution in [2.24, 2.45) is 11.3 Å². The van der Waals surface area contributed by atoms with Crippen LogP contribution in [0.15, 0.2) is 23.8 Å². The van der Waals surface area contributed by atoms with E-state index in [-0.39, 0.29) is 0 Å². The minimum absolute atomic E-state index is 0.506. The van der Waals surface area contributed by atoms with Gasteiger partial charge in [0.15, 0.2) is 0 Å². The fourth-order valence-corrected chi connectivity index (χ4v) is 3.84. The van der Waals surface area contributed by atoms with Crippen LogP contribution in [-0.4, -0.2) is 25.0 Å². The van der Waals surface area contributed by atoms with Gasteiger partial charge < -0.3 is 4.90 Å². The third-order valence-electron chi connectivity index (χ3n) is 4.82. The van der Waals surface area contributed by atoms with Crippen LogP contribution in [0.1, 0.15) is 46.0 Å². The lowest BCUT2D eigenvalue weighted by Gasteiger charge is -2.48. The molecule has 0 amide bonds. The lowest BCUT2D eigenvalue weighted by molar-refractivity contribution is 0.0752. The number of nitrogens with zero attached hydrogens (tertiary/aromatic N) is 1. The van der Waals surface area contributed by atoms with Crippen molar-refractivity contribution < 1.29 is 0 Å². The van der Waals surface area contributed by atoms with Gasteiger partial charge in [0.25, 0.3) is 0 Å². The summed E-state index contributed by atoms with van der Waals surface area (Å²) in [6.07, 6.45) is 13.6. The van der Waals surface area contributed by atoms with E-state index in [0.29, 0.717) is 5.41 Å². The fourth-order valence-electron chi connectivity index (χ4n) is 3.84. The Morgan fingerprint density at radius 2 is 2.29 bits per heavy atom. The second-order valence-electron chi connectivity index (χ2n) is 5.98. The first-order valence-corrected chi connectivity index (χ1v) is 7.24. The van der Waals surface area contributed by atoms with E-state index in [1.165, 1.54) is 45.2 Å². The Morgan fingerprint density at radius 3 is 2.88 bits per heavy atom. The minimum Gasteiger partial charge on any atom is -0.306 e. The second kappa shape index (κ2) is 5.39. The van der Waals surface area contributed by atoms with E-state index in [4.69, 9.17) is 0 Å². The average Bonchev–Trinajstić information content (AvgIpc) is 2.34. The molecule has 0 aromatic carbocycles. The largest absolute Gasteiger partial charge is 0.306 e. The fraction of sp³-hybridized carbons (Fsp3) is 0.750. The van der Waals surface area contributed by atoms with Crippen LogP contribution in [0.5, 0.6) is 0 Å². The maximum atomic E-state index is 2.50. The Morgan fingerprint density at radius 1 is 1.47 bits per heavy atom. The molecule has 0 radical (unpaired) electrons. The summed E-state index contributed by atoms with van der Waals surface area (Å²) in [5.74, 6) is 0.805. The summed E-state index contributed by atoms with van der Waals surface area (Å²) in [4.78, 5) is 2.50. The van der Waals surface area contributed by atoms with Gasteiger partial charge in [-0.3, -0.25) is 0 Å². The van der Waals surface area contributed by atoms with Crippen LogP contribution in [0.4, 0.5) is 0 Å². The van der Waals surface area contributed by atoms with Gasteiger partial charge in [0.05, 0.1) is 0 Å². The van der Waals surface area contributed by atoms with Gasteiger partial charge in [-0.15, -0.1) is 0 Å². The number of allylic oxidation sites excluding steroid dienone is 4. The number of piperidine rings is 1. The lowest BCUT2D eigenvalue weighted by atomic mass is 9.62. The summed E-state index contributed by atoms with van der Waals surface area (Å²) in [7, 11) is 2.27. The summed E-state index contributed by atoms with van der Waals surface area (Å²) in [5.41, 5.74) is 2.24. The van der Waals surface area contributed by atoms with Gasteiger partial charge in [0, 0.05) is 6.54 Å². The van der Waals surface area contributed by atoms with Crippen LogP contribution in [0, 0.1) is 11.3 Å². The van der Waals surface area contributed by atoms with E-state index >= 15 is 0 Å². The van der Waals surface area contributed by atoms with Gasteiger partial charge in [-0.25, -0.2) is 0 Å². The topological polar surface area (TPSA) is 3.24 Å². The molecule has 1 nitrogen and oxygen atoms in total. The van der Waals surface area contributed by atoms with Gasteiger partial charge in [-0.2, -0.15) is 0 Å². The van der Waals surface area contributed by atoms with Crippen molar-refractivity contribution in [1.29, 1.82) is 0 Å². The zero-order valence-electron chi connectivity index (χ0n) is 11.7. The van der Waals surface area contributed by atoms with Crippen molar-refractivity contribution >= 4 is 0 Å². The van der Waals surface area contributed by atoms with Crippen molar-refractivity contribution in [1.82, 2.24) is 4.90 Å². The maximum Gasteiger partial charge on any atom is 0.00124 e. The molecule has 0 aromatic heterocycles. The molecule has 1 fully saturated rings. The summed E-state index contributed by atoms with van der Waals surface area (Å²) in [6, 6.07) is 0. The highest BCUT2D eigenvalue weighted by Crippen LogP contribution is 2.48. The van der Waals surface area contributed by atoms with Crippen molar-refractivity contribution in [2.75, 3.05) is 20.1 Å². The van der Waals surface area contributed by atoms with Crippen LogP contribution in [0.3, 0.4) is 0 Å². The quantitative estimate of drug-likeness (QED) is 0.711. The van der Waals surface area contributed by atoms with Crippen LogP contribution >= 0.6 is 0 Å². The number of hydrogen-bond acceptors (Lipinski definition) is 1. The molecule has 2 rings (SSSR count). The SMILES string of the molecule is CCCC1(C2=CC=CCC2)CCN(C)CC1C. The molecule has 1 heteroatoms. The molecule has 17 heavy (non-hydrogen) atoms. The molecule has 2 aliphatic rings. The third-order valence-corrected chi connectivity index (χ3v) is 4.82. The zero-order valence-corrected chi connectivity index (χ0v) is 11.7. The molecule has 2 atom stereocenters. The molecule has 0 bridgehead atoms. The predicted molar refractivity (Wildman–Crippen MR) is 75.1 cm³/mol. The normalized spacial score (nSPS) is 34.8. The monoisotopic (exact) mass is 233 g/mol. The molecule has 1 aliphatic carbocycles.